The largest absolute Gasteiger partial charge is 0.301 e. The van der Waals surface area contributed by atoms with Crippen LogP contribution < -0.4 is 0 Å². The van der Waals surface area contributed by atoms with E-state index in [0.29, 0.717) is 6.92 Å². The maximum absolute atomic E-state index is 11.7. The molecule has 0 bridgehead atoms. The minimum Gasteiger partial charge on any atom is -0.207 e. The molecule has 0 aromatic carbocycles. The molecule has 0 aliphatic carbocycles. The standard InChI is InChI=1S/C5H5F5.C2H4/c1-5(9,10)2-3(6)4(7)8;1-2/h2H2,1H3;1-2H2. The van der Waals surface area contributed by atoms with E-state index in [2.05, 4.69) is 13.2 Å². The van der Waals surface area contributed by atoms with Crippen LogP contribution in [0, 0.1) is 0 Å². The Bertz CT molecular complexity index is 152. The van der Waals surface area contributed by atoms with Gasteiger partial charge in [-0.15, -0.1) is 13.2 Å². The van der Waals surface area contributed by atoms with Gasteiger partial charge in [-0.3, -0.25) is 0 Å². The summed E-state index contributed by atoms with van der Waals surface area (Å²) < 4.78 is 57.4. The molecule has 0 aliphatic rings. The van der Waals surface area contributed by atoms with Crippen LogP contribution in [0.1, 0.15) is 13.3 Å². The first-order valence-corrected chi connectivity index (χ1v) is 2.90. The van der Waals surface area contributed by atoms with E-state index in [-0.39, 0.29) is 0 Å². The predicted octanol–water partition coefficient (Wildman–Crippen LogP) is 3.91. The van der Waals surface area contributed by atoms with Crippen molar-refractivity contribution in [1.82, 2.24) is 0 Å². The van der Waals surface area contributed by atoms with Crippen LogP contribution in [0.3, 0.4) is 0 Å². The molecule has 0 aromatic heterocycles. The molecule has 0 amide bonds. The van der Waals surface area contributed by atoms with Gasteiger partial charge in [0.25, 0.3) is 5.92 Å². The molecule has 0 atom stereocenters. The lowest BCUT2D eigenvalue weighted by molar-refractivity contribution is 0.0155. The van der Waals surface area contributed by atoms with Gasteiger partial charge in [-0.2, -0.15) is 8.78 Å². The zero-order valence-corrected chi connectivity index (χ0v) is 6.51. The first-order chi connectivity index (χ1) is 5.33. The van der Waals surface area contributed by atoms with E-state index in [1.807, 2.05) is 0 Å². The van der Waals surface area contributed by atoms with E-state index in [4.69, 9.17) is 0 Å². The van der Waals surface area contributed by atoms with E-state index in [9.17, 15) is 22.0 Å². The van der Waals surface area contributed by atoms with Gasteiger partial charge in [0.05, 0.1) is 6.42 Å². The summed E-state index contributed by atoms with van der Waals surface area (Å²) in [5.41, 5.74) is 0. The maximum atomic E-state index is 11.7. The van der Waals surface area contributed by atoms with Crippen molar-refractivity contribution in [3.63, 3.8) is 0 Å². The van der Waals surface area contributed by atoms with Crippen molar-refractivity contribution in [2.75, 3.05) is 0 Å². The van der Waals surface area contributed by atoms with Gasteiger partial charge in [-0.05, 0) is 6.92 Å². The monoisotopic (exact) mass is 188 g/mol. The summed E-state index contributed by atoms with van der Waals surface area (Å²) >= 11 is 0. The molecular formula is C7H9F5. The summed E-state index contributed by atoms with van der Waals surface area (Å²) in [6.07, 6.45) is -4.21. The van der Waals surface area contributed by atoms with Crippen LogP contribution in [0.25, 0.3) is 0 Å². The summed E-state index contributed by atoms with van der Waals surface area (Å²) in [4.78, 5) is 0. The second-order valence-corrected chi connectivity index (χ2v) is 1.91. The van der Waals surface area contributed by atoms with E-state index in [1.165, 1.54) is 0 Å². The number of halogens is 5. The SMILES string of the molecule is C=C.CC(F)(F)CC(F)=C(F)F. The molecule has 0 nitrogen and oxygen atoms in total. The van der Waals surface area contributed by atoms with E-state index in [1.54, 1.807) is 0 Å². The summed E-state index contributed by atoms with van der Waals surface area (Å²) in [5, 5.41) is 0. The Kier molecular flexibility index (Phi) is 6.55. The second kappa shape index (κ2) is 5.74. The molecule has 5 heteroatoms. The molecule has 0 unspecified atom stereocenters. The maximum Gasteiger partial charge on any atom is 0.301 e. The minimum absolute atomic E-state index is 0.371. The average Bonchev–Trinajstić information content (AvgIpc) is 1.88. The van der Waals surface area contributed by atoms with Crippen molar-refractivity contribution in [1.29, 1.82) is 0 Å². The Morgan fingerprint density at radius 1 is 1.17 bits per heavy atom. The Labute approximate surface area is 67.4 Å². The predicted molar refractivity (Wildman–Crippen MR) is 36.8 cm³/mol. The fourth-order valence-corrected chi connectivity index (χ4v) is 0.339. The molecule has 0 saturated heterocycles. The highest BCUT2D eigenvalue weighted by Crippen LogP contribution is 2.25. The third kappa shape index (κ3) is 9.13. The number of rotatable bonds is 2. The Hall–Kier alpha value is -0.870. The molecule has 0 spiro atoms. The molecular weight excluding hydrogens is 179 g/mol. The number of hydrogen-bond acceptors (Lipinski definition) is 0. The van der Waals surface area contributed by atoms with Crippen molar-refractivity contribution in [2.24, 2.45) is 0 Å². The highest BCUT2D eigenvalue weighted by Gasteiger charge is 2.25. The number of hydrogen-bond donors (Lipinski definition) is 0. The van der Waals surface area contributed by atoms with Gasteiger partial charge in [0, 0.05) is 0 Å². The van der Waals surface area contributed by atoms with Gasteiger partial charge in [0.1, 0.15) is 0 Å². The first kappa shape index (κ1) is 13.7. The van der Waals surface area contributed by atoms with Gasteiger partial charge >= 0.3 is 6.08 Å². The highest BCUT2D eigenvalue weighted by atomic mass is 19.3. The van der Waals surface area contributed by atoms with E-state index in [0.717, 1.165) is 0 Å². The first-order valence-electron chi connectivity index (χ1n) is 2.90. The normalized spacial score (nSPS) is 9.83. The van der Waals surface area contributed by atoms with Crippen LogP contribution >= 0.6 is 0 Å². The summed E-state index contributed by atoms with van der Waals surface area (Å²) in [6, 6.07) is 0. The van der Waals surface area contributed by atoms with Crippen LogP contribution in [0.4, 0.5) is 22.0 Å². The lowest BCUT2D eigenvalue weighted by atomic mass is 10.2. The molecule has 0 radical (unpaired) electrons. The van der Waals surface area contributed by atoms with Crippen LogP contribution in [0.2, 0.25) is 0 Å². The summed E-state index contributed by atoms with van der Waals surface area (Å²) in [7, 11) is 0. The summed E-state index contributed by atoms with van der Waals surface area (Å²) in [6.45, 7) is 6.37. The van der Waals surface area contributed by atoms with Crippen LogP contribution in [-0.4, -0.2) is 5.92 Å². The number of alkyl halides is 2. The third-order valence-corrected chi connectivity index (χ3v) is 0.671. The van der Waals surface area contributed by atoms with E-state index < -0.39 is 24.3 Å². The Balaban J connectivity index is 0. The van der Waals surface area contributed by atoms with Crippen molar-refractivity contribution >= 4 is 0 Å². The zero-order chi connectivity index (χ0) is 10.4. The van der Waals surface area contributed by atoms with Crippen molar-refractivity contribution < 1.29 is 22.0 Å². The molecule has 0 N–H and O–H groups in total. The highest BCUT2D eigenvalue weighted by molar-refractivity contribution is 4.94. The fraction of sp³-hybridized carbons (Fsp3) is 0.429. The molecule has 12 heavy (non-hydrogen) atoms. The van der Waals surface area contributed by atoms with E-state index >= 15 is 0 Å². The zero-order valence-electron chi connectivity index (χ0n) is 6.51. The topological polar surface area (TPSA) is 0 Å². The lowest BCUT2D eigenvalue weighted by Crippen LogP contribution is -2.09. The van der Waals surface area contributed by atoms with Crippen molar-refractivity contribution in [3.05, 3.63) is 25.1 Å². The van der Waals surface area contributed by atoms with Gasteiger partial charge < -0.3 is 0 Å². The molecule has 0 rings (SSSR count). The van der Waals surface area contributed by atoms with Gasteiger partial charge in [-0.1, -0.05) is 0 Å². The quantitative estimate of drug-likeness (QED) is 0.455. The second-order valence-electron chi connectivity index (χ2n) is 1.91. The summed E-state index contributed by atoms with van der Waals surface area (Å²) in [5.74, 6) is -5.46. The number of allylic oxidation sites excluding steroid dienone is 1. The van der Waals surface area contributed by atoms with Crippen LogP contribution in [0.5, 0.6) is 0 Å². The minimum atomic E-state index is -3.41. The van der Waals surface area contributed by atoms with Crippen LogP contribution in [-0.2, 0) is 0 Å². The van der Waals surface area contributed by atoms with Gasteiger partial charge in [-0.25, -0.2) is 13.2 Å². The Morgan fingerprint density at radius 3 is 1.58 bits per heavy atom. The van der Waals surface area contributed by atoms with Crippen molar-refractivity contribution in [2.45, 2.75) is 19.3 Å². The molecule has 0 aromatic rings. The van der Waals surface area contributed by atoms with Crippen molar-refractivity contribution in [3.8, 4) is 0 Å². The average molecular weight is 188 g/mol. The Morgan fingerprint density at radius 2 is 1.50 bits per heavy atom. The third-order valence-electron chi connectivity index (χ3n) is 0.671. The smallest absolute Gasteiger partial charge is 0.207 e. The molecule has 0 saturated carbocycles. The molecule has 0 aliphatic heterocycles. The molecule has 72 valence electrons. The fourth-order valence-electron chi connectivity index (χ4n) is 0.339. The van der Waals surface area contributed by atoms with Crippen LogP contribution in [0.15, 0.2) is 25.1 Å². The van der Waals surface area contributed by atoms with Gasteiger partial charge in [0.15, 0.2) is 5.83 Å². The van der Waals surface area contributed by atoms with Gasteiger partial charge in [0.2, 0.25) is 0 Å². The lowest BCUT2D eigenvalue weighted by Gasteiger charge is -2.05. The molecule has 0 fully saturated rings. The molecule has 0 heterocycles.